The summed E-state index contributed by atoms with van der Waals surface area (Å²) < 4.78 is 20.0. The van der Waals surface area contributed by atoms with Gasteiger partial charge in [0, 0.05) is 6.42 Å². The number of hydrogen-bond donors (Lipinski definition) is 1. The fraction of sp³-hybridized carbons (Fsp3) is 0.278. The first-order valence-electron chi connectivity index (χ1n) is 7.13. The Labute approximate surface area is 129 Å². The third-order valence-corrected chi connectivity index (χ3v) is 3.46. The molecule has 0 aliphatic rings. The molecule has 0 fully saturated rings. The summed E-state index contributed by atoms with van der Waals surface area (Å²) in [6.07, 6.45) is 0.282. The first-order chi connectivity index (χ1) is 10.4. The number of halogens is 1. The number of aliphatic carboxylic acids is 1. The maximum Gasteiger partial charge on any atom is 0.303 e. The molecule has 0 amide bonds. The topological polar surface area (TPSA) is 46.5 Å². The van der Waals surface area contributed by atoms with E-state index in [1.165, 1.54) is 6.07 Å². The van der Waals surface area contributed by atoms with E-state index in [1.807, 2.05) is 44.2 Å². The van der Waals surface area contributed by atoms with Crippen LogP contribution in [0.3, 0.4) is 0 Å². The van der Waals surface area contributed by atoms with E-state index in [4.69, 9.17) is 9.84 Å². The lowest BCUT2D eigenvalue weighted by molar-refractivity contribution is -0.136. The molecular formula is C18H19FO3. The highest BCUT2D eigenvalue weighted by molar-refractivity contribution is 5.67. The van der Waals surface area contributed by atoms with Crippen LogP contribution in [0.1, 0.15) is 31.4 Å². The van der Waals surface area contributed by atoms with Gasteiger partial charge >= 0.3 is 5.97 Å². The van der Waals surface area contributed by atoms with Gasteiger partial charge in [-0.25, -0.2) is 4.39 Å². The zero-order valence-electron chi connectivity index (χ0n) is 12.7. The van der Waals surface area contributed by atoms with E-state index in [1.54, 1.807) is 12.1 Å². The van der Waals surface area contributed by atoms with Crippen LogP contribution in [0.15, 0.2) is 48.5 Å². The zero-order chi connectivity index (χ0) is 16.2. The Morgan fingerprint density at radius 2 is 1.86 bits per heavy atom. The summed E-state index contributed by atoms with van der Waals surface area (Å²) in [6.45, 7) is 3.75. The number of carbonyl (C=O) groups is 1. The summed E-state index contributed by atoms with van der Waals surface area (Å²) in [4.78, 5) is 10.6. The van der Waals surface area contributed by atoms with E-state index in [0.29, 0.717) is 12.0 Å². The minimum atomic E-state index is -0.897. The first kappa shape index (κ1) is 16.0. The third kappa shape index (κ3) is 4.07. The van der Waals surface area contributed by atoms with Crippen molar-refractivity contribution in [3.8, 4) is 5.75 Å². The van der Waals surface area contributed by atoms with E-state index in [-0.39, 0.29) is 12.2 Å². The van der Waals surface area contributed by atoms with E-state index >= 15 is 0 Å². The van der Waals surface area contributed by atoms with Crippen molar-refractivity contribution in [2.24, 2.45) is 0 Å². The molecule has 22 heavy (non-hydrogen) atoms. The van der Waals surface area contributed by atoms with Gasteiger partial charge in [0.2, 0.25) is 0 Å². The standard InChI is InChI=1S/C18H19FO3/c1-18(2,14-6-4-3-5-7-14)22-16-10-8-13(12-15(16)19)9-11-17(20)21/h3-8,10,12H,9,11H2,1-2H3,(H,20,21). The van der Waals surface area contributed by atoms with Crippen molar-refractivity contribution in [1.82, 2.24) is 0 Å². The molecule has 0 saturated carbocycles. The van der Waals surface area contributed by atoms with Crippen LogP contribution in [0.25, 0.3) is 0 Å². The van der Waals surface area contributed by atoms with E-state index < -0.39 is 17.4 Å². The predicted molar refractivity (Wildman–Crippen MR) is 82.5 cm³/mol. The molecule has 0 radical (unpaired) electrons. The van der Waals surface area contributed by atoms with Crippen molar-refractivity contribution in [2.45, 2.75) is 32.3 Å². The largest absolute Gasteiger partial charge is 0.481 e. The van der Waals surface area contributed by atoms with Crippen molar-refractivity contribution in [1.29, 1.82) is 0 Å². The van der Waals surface area contributed by atoms with Crippen LogP contribution in [0, 0.1) is 5.82 Å². The molecule has 1 N–H and O–H groups in total. The highest BCUT2D eigenvalue weighted by atomic mass is 19.1. The van der Waals surface area contributed by atoms with Crippen molar-refractivity contribution in [2.75, 3.05) is 0 Å². The molecular weight excluding hydrogens is 283 g/mol. The quantitative estimate of drug-likeness (QED) is 0.871. The summed E-state index contributed by atoms with van der Waals surface area (Å²) in [6, 6.07) is 14.2. The minimum absolute atomic E-state index is 0.0187. The van der Waals surface area contributed by atoms with Crippen LogP contribution >= 0.6 is 0 Å². The Balaban J connectivity index is 2.14. The summed E-state index contributed by atoms with van der Waals surface area (Å²) in [5, 5.41) is 8.66. The molecule has 2 aromatic carbocycles. The van der Waals surface area contributed by atoms with Gasteiger partial charge in [-0.15, -0.1) is 0 Å². The van der Waals surface area contributed by atoms with Crippen LogP contribution in [-0.4, -0.2) is 11.1 Å². The third-order valence-electron chi connectivity index (χ3n) is 3.46. The van der Waals surface area contributed by atoms with Gasteiger partial charge in [0.05, 0.1) is 0 Å². The molecule has 4 heteroatoms. The van der Waals surface area contributed by atoms with Gasteiger partial charge in [0.1, 0.15) is 5.60 Å². The van der Waals surface area contributed by atoms with Gasteiger partial charge < -0.3 is 9.84 Å². The fourth-order valence-corrected chi connectivity index (χ4v) is 2.21. The van der Waals surface area contributed by atoms with Crippen LogP contribution in [-0.2, 0) is 16.8 Å². The molecule has 2 aromatic rings. The molecule has 0 bridgehead atoms. The van der Waals surface area contributed by atoms with Gasteiger partial charge in [-0.3, -0.25) is 4.79 Å². The molecule has 0 unspecified atom stereocenters. The summed E-state index contributed by atoms with van der Waals surface area (Å²) in [5.74, 6) is -1.22. The van der Waals surface area contributed by atoms with Crippen molar-refractivity contribution < 1.29 is 19.0 Å². The maximum absolute atomic E-state index is 14.1. The van der Waals surface area contributed by atoms with Gasteiger partial charge in [0.15, 0.2) is 11.6 Å². The lowest BCUT2D eigenvalue weighted by atomic mass is 9.98. The SMILES string of the molecule is CC(C)(Oc1ccc(CCC(=O)O)cc1F)c1ccccc1. The van der Waals surface area contributed by atoms with E-state index in [9.17, 15) is 9.18 Å². The Morgan fingerprint density at radius 3 is 2.45 bits per heavy atom. The van der Waals surface area contributed by atoms with Gasteiger partial charge in [-0.05, 0) is 43.5 Å². The first-order valence-corrected chi connectivity index (χ1v) is 7.13. The van der Waals surface area contributed by atoms with Crippen LogP contribution in [0.2, 0.25) is 0 Å². The zero-order valence-corrected chi connectivity index (χ0v) is 12.7. The second-order valence-electron chi connectivity index (χ2n) is 5.64. The molecule has 3 nitrogen and oxygen atoms in total. The molecule has 0 saturated heterocycles. The van der Waals surface area contributed by atoms with E-state index in [0.717, 1.165) is 5.56 Å². The van der Waals surface area contributed by atoms with Crippen molar-refractivity contribution in [3.05, 3.63) is 65.5 Å². The molecule has 0 aliphatic carbocycles. The molecule has 0 heterocycles. The number of aryl methyl sites for hydroxylation is 1. The van der Waals surface area contributed by atoms with Gasteiger partial charge in [0.25, 0.3) is 0 Å². The maximum atomic E-state index is 14.1. The summed E-state index contributed by atoms with van der Waals surface area (Å²) in [7, 11) is 0. The molecule has 116 valence electrons. The molecule has 0 aliphatic heterocycles. The summed E-state index contributed by atoms with van der Waals surface area (Å²) >= 11 is 0. The Bertz CT molecular complexity index is 651. The van der Waals surface area contributed by atoms with Crippen molar-refractivity contribution >= 4 is 5.97 Å². The smallest absolute Gasteiger partial charge is 0.303 e. The Kier molecular flexibility index (Phi) is 4.81. The number of rotatable bonds is 6. The Hall–Kier alpha value is -2.36. The van der Waals surface area contributed by atoms with Crippen molar-refractivity contribution in [3.63, 3.8) is 0 Å². The average Bonchev–Trinajstić information content (AvgIpc) is 2.48. The second kappa shape index (κ2) is 6.60. The van der Waals surface area contributed by atoms with Crippen LogP contribution in [0.5, 0.6) is 5.75 Å². The minimum Gasteiger partial charge on any atom is -0.481 e. The second-order valence-corrected chi connectivity index (χ2v) is 5.64. The lowest BCUT2D eigenvalue weighted by Gasteiger charge is -2.27. The molecule has 0 spiro atoms. The lowest BCUT2D eigenvalue weighted by Crippen LogP contribution is -2.25. The highest BCUT2D eigenvalue weighted by Gasteiger charge is 2.23. The van der Waals surface area contributed by atoms with Crippen LogP contribution < -0.4 is 4.74 Å². The van der Waals surface area contributed by atoms with Gasteiger partial charge in [-0.1, -0.05) is 36.4 Å². The van der Waals surface area contributed by atoms with Gasteiger partial charge in [-0.2, -0.15) is 0 Å². The Morgan fingerprint density at radius 1 is 1.18 bits per heavy atom. The number of carboxylic acids is 1. The number of ether oxygens (including phenoxy) is 1. The monoisotopic (exact) mass is 302 g/mol. The number of hydrogen-bond acceptors (Lipinski definition) is 2. The number of carboxylic acid groups (broad SMARTS) is 1. The fourth-order valence-electron chi connectivity index (χ4n) is 2.21. The van der Waals surface area contributed by atoms with Crippen LogP contribution in [0.4, 0.5) is 4.39 Å². The summed E-state index contributed by atoms with van der Waals surface area (Å²) in [5.41, 5.74) is 0.930. The molecule has 0 atom stereocenters. The molecule has 0 aromatic heterocycles. The molecule has 2 rings (SSSR count). The highest BCUT2D eigenvalue weighted by Crippen LogP contribution is 2.29. The normalized spacial score (nSPS) is 11.2. The average molecular weight is 302 g/mol. The van der Waals surface area contributed by atoms with E-state index in [2.05, 4.69) is 0 Å². The number of benzene rings is 2. The predicted octanol–water partition coefficient (Wildman–Crippen LogP) is 4.16.